The van der Waals surface area contributed by atoms with Crippen LogP contribution in [0.4, 0.5) is 5.69 Å². The molecule has 2 aliphatic carbocycles. The van der Waals surface area contributed by atoms with E-state index in [2.05, 4.69) is 27.6 Å². The lowest BCUT2D eigenvalue weighted by Gasteiger charge is -2.48. The molecule has 3 aliphatic heterocycles. The SMILES string of the molecule is C=S1(=O)CCO[C@@H]2CCO[C@@H](C2)[C@@H]2CC[C@H]2CN2C[C@@]3(CCCc4cc(Cl)ccc43)COc3ccc(cc32)C(=O)N1. The van der Waals surface area contributed by atoms with Gasteiger partial charge in [-0.2, -0.15) is 0 Å². The maximum atomic E-state index is 13.3. The third kappa shape index (κ3) is 5.37. The Kier molecular flexibility index (Phi) is 7.25. The third-order valence-corrected chi connectivity index (χ3v) is 11.6. The van der Waals surface area contributed by atoms with Gasteiger partial charge in [0.2, 0.25) is 0 Å². The predicted octanol–water partition coefficient (Wildman–Crippen LogP) is 4.78. The highest BCUT2D eigenvalue weighted by Crippen LogP contribution is 2.47. The molecule has 2 aromatic rings. The van der Waals surface area contributed by atoms with Gasteiger partial charge in [-0.1, -0.05) is 17.7 Å². The second-order valence-electron chi connectivity index (χ2n) is 12.7. The number of benzene rings is 2. The van der Waals surface area contributed by atoms with Gasteiger partial charge in [0.1, 0.15) is 5.75 Å². The van der Waals surface area contributed by atoms with E-state index in [-0.39, 0.29) is 29.3 Å². The number of nitrogens with one attached hydrogen (secondary N) is 1. The number of rotatable bonds is 0. The van der Waals surface area contributed by atoms with Crippen LogP contribution in [0.1, 0.15) is 60.0 Å². The van der Waals surface area contributed by atoms with E-state index in [0.717, 1.165) is 74.5 Å². The normalized spacial score (nSPS) is 35.2. The van der Waals surface area contributed by atoms with Crippen LogP contribution in [0.5, 0.6) is 5.75 Å². The maximum Gasteiger partial charge on any atom is 0.262 e. The summed E-state index contributed by atoms with van der Waals surface area (Å²) < 4.78 is 35.0. The zero-order valence-corrected chi connectivity index (χ0v) is 25.0. The molecule has 1 unspecified atom stereocenters. The van der Waals surface area contributed by atoms with Crippen molar-refractivity contribution in [2.75, 3.05) is 43.6 Å². The Morgan fingerprint density at radius 2 is 2.00 bits per heavy atom. The molecule has 2 aromatic carbocycles. The monoisotopic (exact) mass is 598 g/mol. The molecule has 7 rings (SSSR count). The van der Waals surface area contributed by atoms with Gasteiger partial charge in [0.05, 0.1) is 36.9 Å². The molecule has 9 heteroatoms. The number of ether oxygens (including phenoxy) is 3. The van der Waals surface area contributed by atoms with Gasteiger partial charge in [-0.25, -0.2) is 4.21 Å². The minimum Gasteiger partial charge on any atom is -0.490 e. The molecular weight excluding hydrogens is 560 g/mol. The lowest BCUT2D eigenvalue weighted by molar-refractivity contribution is -0.115. The van der Waals surface area contributed by atoms with Gasteiger partial charge in [-0.15, -0.1) is 0 Å². The van der Waals surface area contributed by atoms with E-state index < -0.39 is 9.71 Å². The van der Waals surface area contributed by atoms with Gasteiger partial charge in [0.15, 0.2) is 0 Å². The molecule has 2 fully saturated rings. The second-order valence-corrected chi connectivity index (χ2v) is 15.3. The number of carbonyl (C=O) groups is 1. The number of amides is 1. The van der Waals surface area contributed by atoms with Gasteiger partial charge in [0, 0.05) is 51.8 Å². The van der Waals surface area contributed by atoms with Crippen LogP contribution in [-0.4, -0.2) is 66.9 Å². The standard InChI is InChI=1S/C32H39ClN2O5S/c1-41(37)14-13-38-25-10-12-39-30(17-25)26-7-4-23(26)18-35-19-32(11-2-3-21-15-24(33)6-8-27(21)32)20-40-29-9-5-22(16-28(29)35)31(36)34-41/h5-6,8-9,15-16,23,25-26,30H,1-4,7,10-14,17-20H2,(H,34,36,37)/t23-,25+,26+,30-,32-,41?/m0/s1. The van der Waals surface area contributed by atoms with Crippen molar-refractivity contribution in [1.29, 1.82) is 0 Å². The molecular formula is C32H39ClN2O5S. The van der Waals surface area contributed by atoms with Crippen molar-refractivity contribution < 1.29 is 23.2 Å². The van der Waals surface area contributed by atoms with Crippen molar-refractivity contribution >= 4 is 38.8 Å². The lowest BCUT2D eigenvalue weighted by atomic mass is 9.67. The quantitative estimate of drug-likeness (QED) is 0.440. The Morgan fingerprint density at radius 3 is 2.85 bits per heavy atom. The number of fused-ring (bicyclic) bond motifs is 7. The van der Waals surface area contributed by atoms with Crippen LogP contribution >= 0.6 is 11.6 Å². The molecule has 4 bridgehead atoms. The molecule has 41 heavy (non-hydrogen) atoms. The van der Waals surface area contributed by atoms with Gasteiger partial charge in [-0.05, 0) is 97.7 Å². The molecule has 220 valence electrons. The van der Waals surface area contributed by atoms with E-state index in [9.17, 15) is 9.00 Å². The minimum atomic E-state index is -2.86. The molecule has 3 heterocycles. The number of aryl methyl sites for hydroxylation is 1. The number of hydrogen-bond donors (Lipinski definition) is 1. The molecule has 1 spiro atoms. The molecule has 7 nitrogen and oxygen atoms in total. The molecule has 1 amide bonds. The number of hydrogen-bond acceptors (Lipinski definition) is 6. The fourth-order valence-corrected chi connectivity index (χ4v) is 8.84. The minimum absolute atomic E-state index is 0.0774. The van der Waals surface area contributed by atoms with Crippen molar-refractivity contribution in [2.45, 2.75) is 62.6 Å². The van der Waals surface area contributed by atoms with Crippen molar-refractivity contribution in [1.82, 2.24) is 4.72 Å². The van der Waals surface area contributed by atoms with Gasteiger partial charge in [-0.3, -0.25) is 9.52 Å². The van der Waals surface area contributed by atoms with Crippen LogP contribution < -0.4 is 14.4 Å². The highest BCUT2D eigenvalue weighted by atomic mass is 35.5. The highest BCUT2D eigenvalue weighted by molar-refractivity contribution is 7.99. The third-order valence-electron chi connectivity index (χ3n) is 10.0. The van der Waals surface area contributed by atoms with Crippen LogP contribution in [0.25, 0.3) is 0 Å². The molecule has 1 saturated carbocycles. The van der Waals surface area contributed by atoms with Crippen LogP contribution in [0, 0.1) is 11.8 Å². The van der Waals surface area contributed by atoms with Crippen molar-refractivity contribution in [3.05, 3.63) is 58.1 Å². The summed E-state index contributed by atoms with van der Waals surface area (Å²) in [6, 6.07) is 11.9. The predicted molar refractivity (Wildman–Crippen MR) is 163 cm³/mol. The van der Waals surface area contributed by atoms with E-state index in [4.69, 9.17) is 25.8 Å². The number of halogens is 1. The molecule has 1 saturated heterocycles. The van der Waals surface area contributed by atoms with Crippen molar-refractivity contribution in [2.24, 2.45) is 11.8 Å². The van der Waals surface area contributed by atoms with Crippen LogP contribution in [0.3, 0.4) is 0 Å². The average molecular weight is 599 g/mol. The number of anilines is 1. The van der Waals surface area contributed by atoms with Gasteiger partial charge >= 0.3 is 0 Å². The first-order chi connectivity index (χ1) is 19.8. The van der Waals surface area contributed by atoms with Gasteiger partial charge in [0.25, 0.3) is 5.91 Å². The molecule has 0 radical (unpaired) electrons. The highest BCUT2D eigenvalue weighted by Gasteiger charge is 2.45. The smallest absolute Gasteiger partial charge is 0.262 e. The van der Waals surface area contributed by atoms with E-state index in [1.54, 1.807) is 6.07 Å². The van der Waals surface area contributed by atoms with Gasteiger partial charge < -0.3 is 19.1 Å². The summed E-state index contributed by atoms with van der Waals surface area (Å²) in [5, 5.41) is 0.772. The summed E-state index contributed by atoms with van der Waals surface area (Å²) in [5.74, 6) is 5.38. The number of carbonyl (C=O) groups excluding carboxylic acids is 1. The Morgan fingerprint density at radius 1 is 1.10 bits per heavy atom. The first-order valence-electron chi connectivity index (χ1n) is 15.0. The first-order valence-corrected chi connectivity index (χ1v) is 17.3. The lowest BCUT2D eigenvalue weighted by Crippen LogP contribution is -2.51. The first kappa shape index (κ1) is 27.6. The van der Waals surface area contributed by atoms with Crippen LogP contribution in [-0.2, 0) is 31.0 Å². The summed E-state index contributed by atoms with van der Waals surface area (Å²) in [6.45, 7) is 3.22. The molecule has 1 N–H and O–H groups in total. The molecule has 6 atom stereocenters. The Labute approximate surface area is 248 Å². The van der Waals surface area contributed by atoms with E-state index in [1.165, 1.54) is 11.1 Å². The van der Waals surface area contributed by atoms with Crippen molar-refractivity contribution in [3.8, 4) is 5.75 Å². The topological polar surface area (TPSA) is 77.1 Å². The van der Waals surface area contributed by atoms with Crippen LogP contribution in [0.15, 0.2) is 36.4 Å². The average Bonchev–Trinajstić information content (AvgIpc) is 3.07. The Hall–Kier alpha value is -2.26. The summed E-state index contributed by atoms with van der Waals surface area (Å²) in [5.41, 5.74) is 3.83. The van der Waals surface area contributed by atoms with E-state index >= 15 is 0 Å². The Balaban J connectivity index is 1.28. The number of nitrogens with zero attached hydrogens (tertiary/aromatic N) is 1. The second kappa shape index (κ2) is 10.8. The molecule has 5 aliphatic rings. The van der Waals surface area contributed by atoms with Crippen LogP contribution in [0.2, 0.25) is 5.02 Å². The summed E-state index contributed by atoms with van der Waals surface area (Å²) >= 11 is 6.42. The van der Waals surface area contributed by atoms with E-state index in [0.29, 0.717) is 37.2 Å². The summed E-state index contributed by atoms with van der Waals surface area (Å²) in [7, 11) is -2.86. The zero-order chi connectivity index (χ0) is 28.2. The summed E-state index contributed by atoms with van der Waals surface area (Å²) in [4.78, 5) is 15.8. The zero-order valence-electron chi connectivity index (χ0n) is 23.4. The fourth-order valence-electron chi connectivity index (χ4n) is 7.72. The van der Waals surface area contributed by atoms with Crippen molar-refractivity contribution in [3.63, 3.8) is 0 Å². The summed E-state index contributed by atoms with van der Waals surface area (Å²) in [6.07, 6.45) is 7.38. The fraction of sp³-hybridized carbons (Fsp3) is 0.562. The maximum absolute atomic E-state index is 13.3. The Bertz CT molecular complexity index is 1450. The van der Waals surface area contributed by atoms with E-state index in [1.807, 2.05) is 18.2 Å². The largest absolute Gasteiger partial charge is 0.490 e. The molecule has 0 aromatic heterocycles.